The molecule has 0 aromatic heterocycles. The van der Waals surface area contributed by atoms with Crippen LogP contribution in [-0.2, 0) is 14.3 Å². The Morgan fingerprint density at radius 3 is 2.83 bits per heavy atom. The molecule has 1 aliphatic heterocycles. The van der Waals surface area contributed by atoms with Gasteiger partial charge < -0.3 is 14.6 Å². The monoisotopic (exact) mass is 256 g/mol. The van der Waals surface area contributed by atoms with Gasteiger partial charge in [0.05, 0.1) is 25.2 Å². The number of hydrogen-bond acceptors (Lipinski definition) is 4. The Morgan fingerprint density at radius 2 is 2.22 bits per heavy atom. The molecule has 0 aromatic rings. The average Bonchev–Trinajstić information content (AvgIpc) is 2.18. The fourth-order valence-corrected chi connectivity index (χ4v) is 1.83. The quantitative estimate of drug-likeness (QED) is 0.608. The number of ether oxygens (including phenoxy) is 2. The molecule has 1 rings (SSSR count). The van der Waals surface area contributed by atoms with Crippen molar-refractivity contribution in [1.29, 1.82) is 0 Å². The Hall–Kier alpha value is -0.870. The van der Waals surface area contributed by atoms with Gasteiger partial charge >= 0.3 is 5.97 Å². The molecule has 18 heavy (non-hydrogen) atoms. The van der Waals surface area contributed by atoms with Crippen molar-refractivity contribution in [3.8, 4) is 0 Å². The van der Waals surface area contributed by atoms with Crippen LogP contribution in [0.2, 0.25) is 0 Å². The third kappa shape index (κ3) is 6.17. The van der Waals surface area contributed by atoms with E-state index < -0.39 is 11.7 Å². The number of carbonyl (C=O) groups is 1. The van der Waals surface area contributed by atoms with Crippen LogP contribution in [0.3, 0.4) is 0 Å². The third-order valence-corrected chi connectivity index (χ3v) is 2.60. The number of hydrogen-bond donors (Lipinski definition) is 1. The van der Waals surface area contributed by atoms with Gasteiger partial charge in [-0.15, -0.1) is 0 Å². The van der Waals surface area contributed by atoms with Crippen molar-refractivity contribution in [1.82, 2.24) is 0 Å². The van der Waals surface area contributed by atoms with Crippen molar-refractivity contribution >= 4 is 5.97 Å². The third-order valence-electron chi connectivity index (χ3n) is 2.60. The molecule has 0 spiro atoms. The summed E-state index contributed by atoms with van der Waals surface area (Å²) in [6.07, 6.45) is 3.02. The minimum absolute atomic E-state index is 0.0774. The van der Waals surface area contributed by atoms with E-state index in [1.165, 1.54) is 0 Å². The van der Waals surface area contributed by atoms with E-state index in [0.29, 0.717) is 13.0 Å². The van der Waals surface area contributed by atoms with Crippen molar-refractivity contribution in [3.63, 3.8) is 0 Å². The van der Waals surface area contributed by atoms with Gasteiger partial charge in [0.1, 0.15) is 5.60 Å². The molecule has 0 amide bonds. The molecule has 4 heteroatoms. The molecule has 0 aliphatic carbocycles. The lowest BCUT2D eigenvalue weighted by molar-refractivity contribution is -0.154. The van der Waals surface area contributed by atoms with Crippen molar-refractivity contribution in [2.75, 3.05) is 6.61 Å². The van der Waals surface area contributed by atoms with Crippen LogP contribution in [0.4, 0.5) is 0 Å². The molecule has 2 atom stereocenters. The van der Waals surface area contributed by atoms with Crippen LogP contribution in [0.25, 0.3) is 0 Å². The smallest absolute Gasteiger partial charge is 0.310 e. The van der Waals surface area contributed by atoms with Crippen molar-refractivity contribution in [2.45, 2.75) is 64.8 Å². The summed E-state index contributed by atoms with van der Waals surface area (Å²) in [5, 5.41) is 9.73. The highest BCUT2D eigenvalue weighted by atomic mass is 16.6. The first-order valence-corrected chi connectivity index (χ1v) is 6.45. The first-order chi connectivity index (χ1) is 8.26. The fourth-order valence-electron chi connectivity index (χ4n) is 1.83. The molecular weight excluding hydrogens is 232 g/mol. The minimum atomic E-state index is -0.540. The van der Waals surface area contributed by atoms with Gasteiger partial charge in [0.2, 0.25) is 0 Å². The van der Waals surface area contributed by atoms with Crippen molar-refractivity contribution in [3.05, 3.63) is 11.6 Å². The van der Waals surface area contributed by atoms with E-state index in [9.17, 15) is 9.90 Å². The first kappa shape index (κ1) is 15.2. The zero-order chi connectivity index (χ0) is 13.8. The number of aliphatic hydroxyl groups excluding tert-OH is 1. The fraction of sp³-hybridized carbons (Fsp3) is 0.786. The van der Waals surface area contributed by atoms with Gasteiger partial charge in [-0.3, -0.25) is 4.79 Å². The first-order valence-electron chi connectivity index (χ1n) is 6.45. The predicted molar refractivity (Wildman–Crippen MR) is 69.2 cm³/mol. The zero-order valence-corrected chi connectivity index (χ0v) is 11.7. The van der Waals surface area contributed by atoms with E-state index in [2.05, 4.69) is 0 Å². The predicted octanol–water partition coefficient (Wildman–Crippen LogP) is 2.20. The summed E-state index contributed by atoms with van der Waals surface area (Å²) < 4.78 is 10.7. The molecule has 1 heterocycles. The van der Waals surface area contributed by atoms with Crippen molar-refractivity contribution in [2.24, 2.45) is 0 Å². The number of aliphatic hydroxyl groups is 1. The Morgan fingerprint density at radius 1 is 1.56 bits per heavy atom. The Labute approximate surface area is 109 Å². The Bertz CT molecular complexity index is 314. The topological polar surface area (TPSA) is 55.8 Å². The highest BCUT2D eigenvalue weighted by Gasteiger charge is 2.20. The van der Waals surface area contributed by atoms with Crippen LogP contribution in [0.5, 0.6) is 0 Å². The van der Waals surface area contributed by atoms with E-state index in [-0.39, 0.29) is 18.5 Å². The Balaban J connectivity index is 2.57. The maximum Gasteiger partial charge on any atom is 0.310 e. The summed E-state index contributed by atoms with van der Waals surface area (Å²) >= 11 is 0. The van der Waals surface area contributed by atoms with Crippen LogP contribution in [0, 0.1) is 0 Å². The standard InChI is InChI=1S/C14H24O4/c1-10-5-6-11(7-12(15)9-17-10)8-13(16)18-14(2,3)4/h6,10,12,15H,5,7-9H2,1-4H3. The molecule has 0 aromatic carbocycles. The number of carbonyl (C=O) groups excluding carboxylic acids is 1. The van der Waals surface area contributed by atoms with Gasteiger partial charge in [0.25, 0.3) is 0 Å². The van der Waals surface area contributed by atoms with Gasteiger partial charge in [0, 0.05) is 0 Å². The molecule has 4 nitrogen and oxygen atoms in total. The second-order valence-electron chi connectivity index (χ2n) is 5.86. The lowest BCUT2D eigenvalue weighted by Gasteiger charge is -2.23. The zero-order valence-electron chi connectivity index (χ0n) is 11.7. The van der Waals surface area contributed by atoms with Crippen LogP contribution < -0.4 is 0 Å². The summed E-state index contributed by atoms with van der Waals surface area (Å²) in [6, 6.07) is 0. The minimum Gasteiger partial charge on any atom is -0.460 e. The Kier molecular flexibility index (Phi) is 5.35. The summed E-state index contributed by atoms with van der Waals surface area (Å²) in [6.45, 7) is 7.83. The molecule has 2 unspecified atom stereocenters. The molecular formula is C14H24O4. The largest absolute Gasteiger partial charge is 0.460 e. The number of esters is 1. The second-order valence-corrected chi connectivity index (χ2v) is 5.86. The molecule has 1 aliphatic rings. The summed E-state index contributed by atoms with van der Waals surface area (Å²) in [7, 11) is 0. The van der Waals surface area contributed by atoms with Gasteiger partial charge in [-0.05, 0) is 40.5 Å². The van der Waals surface area contributed by atoms with E-state index in [1.54, 1.807) is 0 Å². The normalized spacial score (nSPS) is 25.9. The lowest BCUT2D eigenvalue weighted by Crippen LogP contribution is -2.26. The second kappa shape index (κ2) is 6.34. The van der Waals surface area contributed by atoms with Gasteiger partial charge in [-0.25, -0.2) is 0 Å². The lowest BCUT2D eigenvalue weighted by atomic mass is 10.0. The maximum atomic E-state index is 11.7. The van der Waals surface area contributed by atoms with E-state index in [0.717, 1.165) is 12.0 Å². The molecule has 0 radical (unpaired) electrons. The van der Waals surface area contributed by atoms with E-state index in [1.807, 2.05) is 33.8 Å². The van der Waals surface area contributed by atoms with Gasteiger partial charge in [-0.2, -0.15) is 0 Å². The maximum absolute atomic E-state index is 11.7. The average molecular weight is 256 g/mol. The molecule has 1 N–H and O–H groups in total. The van der Waals surface area contributed by atoms with Crippen LogP contribution in [-0.4, -0.2) is 35.5 Å². The molecule has 0 bridgehead atoms. The van der Waals surface area contributed by atoms with E-state index in [4.69, 9.17) is 9.47 Å². The van der Waals surface area contributed by atoms with Crippen LogP contribution in [0.15, 0.2) is 11.6 Å². The van der Waals surface area contributed by atoms with Gasteiger partial charge in [0.15, 0.2) is 0 Å². The van der Waals surface area contributed by atoms with Crippen LogP contribution in [0.1, 0.15) is 47.0 Å². The number of rotatable bonds is 2. The molecule has 0 fully saturated rings. The molecule has 0 saturated carbocycles. The SMILES string of the molecule is CC1CC=C(CC(=O)OC(C)(C)C)CC(O)CO1. The summed E-state index contributed by atoms with van der Waals surface area (Å²) in [4.78, 5) is 11.7. The molecule has 104 valence electrons. The highest BCUT2D eigenvalue weighted by Crippen LogP contribution is 2.19. The van der Waals surface area contributed by atoms with Crippen LogP contribution >= 0.6 is 0 Å². The summed E-state index contributed by atoms with van der Waals surface area (Å²) in [5.41, 5.74) is 0.473. The summed E-state index contributed by atoms with van der Waals surface area (Å²) in [5.74, 6) is -0.241. The van der Waals surface area contributed by atoms with E-state index >= 15 is 0 Å². The van der Waals surface area contributed by atoms with Crippen molar-refractivity contribution < 1.29 is 19.4 Å². The molecule has 0 saturated heterocycles. The van der Waals surface area contributed by atoms with Gasteiger partial charge in [-0.1, -0.05) is 11.6 Å². The highest BCUT2D eigenvalue weighted by molar-refractivity contribution is 5.72.